The molecule has 2 aromatic carbocycles. The van der Waals surface area contributed by atoms with Crippen LogP contribution < -0.4 is 0 Å². The van der Waals surface area contributed by atoms with Gasteiger partial charge in [0.2, 0.25) is 0 Å². The molecule has 2 fully saturated rings. The second-order valence-corrected chi connectivity index (χ2v) is 8.09. The van der Waals surface area contributed by atoms with Gasteiger partial charge in [0.15, 0.2) is 0 Å². The monoisotopic (exact) mass is 378 g/mol. The number of ether oxygens (including phenoxy) is 1. The number of hydrogen-bond donors (Lipinski definition) is 0. The first-order chi connectivity index (χ1) is 13.7. The van der Waals surface area contributed by atoms with Crippen LogP contribution in [0.3, 0.4) is 0 Å². The molecule has 1 amide bonds. The van der Waals surface area contributed by atoms with E-state index in [0.29, 0.717) is 0 Å². The van der Waals surface area contributed by atoms with Crippen molar-refractivity contribution in [1.29, 1.82) is 0 Å². The first kappa shape index (κ1) is 19.2. The van der Waals surface area contributed by atoms with E-state index in [0.717, 1.165) is 70.6 Å². The number of carbonyl (C=O) groups is 1. The van der Waals surface area contributed by atoms with E-state index in [2.05, 4.69) is 35.2 Å². The number of amides is 1. The molecule has 148 valence electrons. The van der Waals surface area contributed by atoms with E-state index in [1.165, 1.54) is 5.56 Å². The van der Waals surface area contributed by atoms with Crippen LogP contribution in [-0.2, 0) is 11.3 Å². The van der Waals surface area contributed by atoms with Crippen LogP contribution in [0.5, 0.6) is 0 Å². The summed E-state index contributed by atoms with van der Waals surface area (Å²) in [6, 6.07) is 20.3. The van der Waals surface area contributed by atoms with E-state index < -0.39 is 0 Å². The predicted molar refractivity (Wildman–Crippen MR) is 111 cm³/mol. The first-order valence-corrected chi connectivity index (χ1v) is 10.5. The summed E-state index contributed by atoms with van der Waals surface area (Å²) >= 11 is 0. The van der Waals surface area contributed by atoms with Gasteiger partial charge in [-0.25, -0.2) is 0 Å². The van der Waals surface area contributed by atoms with Crippen molar-refractivity contribution in [3.8, 4) is 0 Å². The first-order valence-electron chi connectivity index (χ1n) is 10.5. The quantitative estimate of drug-likeness (QED) is 0.810. The Morgan fingerprint density at radius 2 is 1.57 bits per heavy atom. The Hall–Kier alpha value is -2.17. The second kappa shape index (κ2) is 8.89. The number of rotatable bonds is 3. The van der Waals surface area contributed by atoms with Crippen LogP contribution in [0.15, 0.2) is 60.7 Å². The minimum atomic E-state index is -0.118. The van der Waals surface area contributed by atoms with Crippen molar-refractivity contribution >= 4 is 5.91 Å². The molecule has 0 aromatic heterocycles. The van der Waals surface area contributed by atoms with Crippen molar-refractivity contribution in [2.24, 2.45) is 0 Å². The van der Waals surface area contributed by atoms with Gasteiger partial charge in [-0.15, -0.1) is 0 Å². The highest BCUT2D eigenvalue weighted by Gasteiger charge is 2.46. The van der Waals surface area contributed by atoms with Crippen molar-refractivity contribution in [2.75, 3.05) is 32.8 Å². The molecule has 0 N–H and O–H groups in total. The highest BCUT2D eigenvalue weighted by Crippen LogP contribution is 2.40. The molecule has 4 heteroatoms. The van der Waals surface area contributed by atoms with Crippen molar-refractivity contribution in [2.45, 2.75) is 37.8 Å². The van der Waals surface area contributed by atoms with Gasteiger partial charge in [-0.2, -0.15) is 0 Å². The zero-order chi connectivity index (χ0) is 19.2. The van der Waals surface area contributed by atoms with Crippen molar-refractivity contribution < 1.29 is 9.53 Å². The minimum absolute atomic E-state index is 0.118. The molecule has 0 radical (unpaired) electrons. The maximum Gasteiger partial charge on any atom is 0.253 e. The van der Waals surface area contributed by atoms with Crippen molar-refractivity contribution in [1.82, 2.24) is 9.80 Å². The van der Waals surface area contributed by atoms with E-state index >= 15 is 0 Å². The average molecular weight is 379 g/mol. The molecule has 28 heavy (non-hydrogen) atoms. The lowest BCUT2D eigenvalue weighted by atomic mass is 10.1. The zero-order valence-corrected chi connectivity index (χ0v) is 16.6. The van der Waals surface area contributed by atoms with Crippen molar-refractivity contribution in [3.63, 3.8) is 0 Å². The number of nitrogens with zero attached hydrogens (tertiary/aromatic N) is 2. The van der Waals surface area contributed by atoms with Crippen LogP contribution in [0.4, 0.5) is 0 Å². The molecule has 1 aliphatic carbocycles. The third-order valence-electron chi connectivity index (χ3n) is 5.81. The largest absolute Gasteiger partial charge is 0.372 e. The molecular weight excluding hydrogens is 348 g/mol. The van der Waals surface area contributed by atoms with Crippen LogP contribution in [0.2, 0.25) is 0 Å². The molecule has 0 bridgehead atoms. The summed E-state index contributed by atoms with van der Waals surface area (Å²) in [5.41, 5.74) is 2.01. The van der Waals surface area contributed by atoms with E-state index in [-0.39, 0.29) is 11.5 Å². The zero-order valence-electron chi connectivity index (χ0n) is 16.6. The Morgan fingerprint density at radius 1 is 0.893 bits per heavy atom. The normalized spacial score (nSPS) is 20.5. The lowest BCUT2D eigenvalue weighted by Gasteiger charge is -2.28. The van der Waals surface area contributed by atoms with Gasteiger partial charge < -0.3 is 9.64 Å². The maximum atomic E-state index is 13.0. The summed E-state index contributed by atoms with van der Waals surface area (Å²) in [6.07, 6.45) is 4.24. The summed E-state index contributed by atoms with van der Waals surface area (Å²) in [6.45, 7) is 5.21. The fourth-order valence-corrected chi connectivity index (χ4v) is 3.99. The summed E-state index contributed by atoms with van der Waals surface area (Å²) in [7, 11) is 0. The van der Waals surface area contributed by atoms with Crippen LogP contribution in [0.25, 0.3) is 0 Å². The molecular formula is C24H30N2O2. The van der Waals surface area contributed by atoms with Gasteiger partial charge in [0.25, 0.3) is 5.91 Å². The van der Waals surface area contributed by atoms with Gasteiger partial charge in [-0.05, 0) is 49.9 Å². The predicted octanol–water partition coefficient (Wildman–Crippen LogP) is 3.97. The molecule has 4 rings (SSSR count). The topological polar surface area (TPSA) is 32.8 Å². The van der Waals surface area contributed by atoms with E-state index in [1.807, 2.05) is 35.2 Å². The molecule has 4 nitrogen and oxygen atoms in total. The lowest BCUT2D eigenvalue weighted by Crippen LogP contribution is -2.40. The Balaban J connectivity index is 1.41. The minimum Gasteiger partial charge on any atom is -0.372 e. The molecule has 0 atom stereocenters. The van der Waals surface area contributed by atoms with E-state index in [4.69, 9.17) is 4.74 Å². The molecule has 0 unspecified atom stereocenters. The Morgan fingerprint density at radius 3 is 2.29 bits per heavy atom. The van der Waals surface area contributed by atoms with Gasteiger partial charge in [-0.3, -0.25) is 9.69 Å². The molecule has 1 heterocycles. The van der Waals surface area contributed by atoms with E-state index in [1.54, 1.807) is 0 Å². The second-order valence-electron chi connectivity index (χ2n) is 8.09. The average Bonchev–Trinajstić information content (AvgIpc) is 3.50. The number of hydrogen-bond acceptors (Lipinski definition) is 3. The van der Waals surface area contributed by atoms with Gasteiger partial charge >= 0.3 is 0 Å². The Kier molecular flexibility index (Phi) is 6.08. The van der Waals surface area contributed by atoms with Crippen LogP contribution in [0.1, 0.15) is 41.6 Å². The lowest BCUT2D eigenvalue weighted by molar-refractivity contribution is -0.0000142. The Labute approximate surface area is 168 Å². The third-order valence-corrected chi connectivity index (χ3v) is 5.81. The molecule has 1 saturated heterocycles. The summed E-state index contributed by atoms with van der Waals surface area (Å²) in [5, 5.41) is 0. The number of carbonyl (C=O) groups excluding carboxylic acids is 1. The van der Waals surface area contributed by atoms with Gasteiger partial charge in [0, 0.05) is 31.7 Å². The molecule has 1 saturated carbocycles. The fourth-order valence-electron chi connectivity index (χ4n) is 3.99. The Bertz CT molecular complexity index is 759. The van der Waals surface area contributed by atoms with Gasteiger partial charge in [-0.1, -0.05) is 48.5 Å². The molecule has 2 aromatic rings. The highest BCUT2D eigenvalue weighted by molar-refractivity contribution is 5.94. The fraction of sp³-hybridized carbons (Fsp3) is 0.458. The molecule has 1 spiro atoms. The standard InChI is InChI=1S/C24H30N2O2/c27-23(22-11-5-2-6-12-22)26-16-8-7-15-25(19-21-9-3-1-4-10-21)17-18-28-24(20-26)13-14-24/h1-6,9-12H,7-8,13-20H2. The van der Waals surface area contributed by atoms with Gasteiger partial charge in [0.05, 0.1) is 12.2 Å². The van der Waals surface area contributed by atoms with Crippen LogP contribution >= 0.6 is 0 Å². The SMILES string of the molecule is O=C(c1ccccc1)N1CCCCN(Cc2ccccc2)CCOC2(CC2)C1. The van der Waals surface area contributed by atoms with Gasteiger partial charge in [0.1, 0.15) is 0 Å². The summed E-state index contributed by atoms with van der Waals surface area (Å²) in [4.78, 5) is 17.5. The van der Waals surface area contributed by atoms with E-state index in [9.17, 15) is 4.79 Å². The number of benzene rings is 2. The highest BCUT2D eigenvalue weighted by atomic mass is 16.5. The van der Waals surface area contributed by atoms with Crippen LogP contribution in [0, 0.1) is 0 Å². The summed E-state index contributed by atoms with van der Waals surface area (Å²) < 4.78 is 6.32. The molecule has 2 aliphatic rings. The smallest absolute Gasteiger partial charge is 0.253 e. The van der Waals surface area contributed by atoms with Crippen molar-refractivity contribution in [3.05, 3.63) is 71.8 Å². The molecule has 1 aliphatic heterocycles. The van der Waals surface area contributed by atoms with Crippen LogP contribution in [-0.4, -0.2) is 54.1 Å². The summed E-state index contributed by atoms with van der Waals surface area (Å²) in [5.74, 6) is 0.135. The third kappa shape index (κ3) is 5.00. The maximum absolute atomic E-state index is 13.0.